The number of rotatable bonds is 0. The van der Waals surface area contributed by atoms with Gasteiger partial charge in [-0.25, -0.2) is 6.57 Å². The summed E-state index contributed by atoms with van der Waals surface area (Å²) in [7, 11) is 0. The first-order chi connectivity index (χ1) is 3.83. The van der Waals surface area contributed by atoms with Gasteiger partial charge in [0.15, 0.2) is 0 Å². The first-order valence-electron chi connectivity index (χ1n) is 2.07. The van der Waals surface area contributed by atoms with Crippen molar-refractivity contribution in [2.45, 2.75) is 12.6 Å². The summed E-state index contributed by atoms with van der Waals surface area (Å²) in [5.74, 6) is 0. The van der Waals surface area contributed by atoms with E-state index in [2.05, 4.69) is 30.8 Å². The summed E-state index contributed by atoms with van der Waals surface area (Å²) in [6.45, 7) is 6.50. The molecule has 0 fully saturated rings. The molecule has 0 aromatic carbocycles. The molecule has 0 saturated carbocycles. The lowest BCUT2D eigenvalue weighted by molar-refractivity contribution is 0.118. The molecule has 3 nitrogen and oxygen atoms in total. The second-order valence-electron chi connectivity index (χ2n) is 1.36. The van der Waals surface area contributed by atoms with E-state index < -0.39 is 0 Å². The van der Waals surface area contributed by atoms with E-state index in [1.165, 1.54) is 0 Å². The third-order valence-corrected chi connectivity index (χ3v) is 1.23. The highest BCUT2D eigenvalue weighted by Crippen LogP contribution is 2.14. The van der Waals surface area contributed by atoms with E-state index in [1.807, 2.05) is 0 Å². The van der Waals surface area contributed by atoms with Crippen LogP contribution in [0, 0.1) is 6.57 Å². The molecule has 0 aromatic heterocycles. The average Bonchev–Trinajstić information content (AvgIpc) is 2.14. The zero-order valence-electron chi connectivity index (χ0n) is 3.97. The molecule has 42 valence electrons. The zero-order chi connectivity index (χ0) is 5.98. The molecular formula is C4H3BrN2O. The predicted molar refractivity (Wildman–Crippen MR) is 32.5 cm³/mol. The molecule has 1 unspecified atom stereocenters. The van der Waals surface area contributed by atoms with Crippen LogP contribution in [0.5, 0.6) is 0 Å². The third kappa shape index (κ3) is 0.984. The van der Waals surface area contributed by atoms with Gasteiger partial charge in [-0.3, -0.25) is 4.85 Å². The van der Waals surface area contributed by atoms with Crippen LogP contribution in [0.2, 0.25) is 0 Å². The lowest BCUT2D eigenvalue weighted by atomic mass is 10.4. The van der Waals surface area contributed by atoms with Crippen LogP contribution in [0.1, 0.15) is 6.42 Å². The molecule has 0 aliphatic carbocycles. The highest BCUT2D eigenvalue weighted by atomic mass is 79.9. The first-order valence-corrected chi connectivity index (χ1v) is 2.87. The molecule has 0 N–H and O–H groups in total. The van der Waals surface area contributed by atoms with Crippen molar-refractivity contribution in [1.82, 2.24) is 0 Å². The van der Waals surface area contributed by atoms with Crippen molar-refractivity contribution in [3.8, 4) is 0 Å². The van der Waals surface area contributed by atoms with Gasteiger partial charge in [-0.2, -0.15) is 0 Å². The highest BCUT2D eigenvalue weighted by Gasteiger charge is 2.22. The normalized spacial score (nSPS) is 26.0. The Morgan fingerprint density at radius 3 is 3.00 bits per heavy atom. The van der Waals surface area contributed by atoms with E-state index in [0.29, 0.717) is 6.42 Å². The first kappa shape index (κ1) is 5.57. The van der Waals surface area contributed by atoms with Crippen LogP contribution in [0.3, 0.4) is 0 Å². The molecule has 0 amide bonds. The minimum absolute atomic E-state index is 0.385. The van der Waals surface area contributed by atoms with Gasteiger partial charge >= 0.3 is 6.23 Å². The fourth-order valence-corrected chi connectivity index (χ4v) is 0.766. The molecule has 1 rings (SSSR count). The molecule has 8 heavy (non-hydrogen) atoms. The molecule has 0 aromatic rings. The standard InChI is InChI=1S/C4H3BrN2O/c1-6-4-2-3(5)7-8-4/h4H,2H2. The SMILES string of the molecule is [C-]#[N+]C1CC(Br)=NO1. The summed E-state index contributed by atoms with van der Waals surface area (Å²) in [6.07, 6.45) is 0.202. The minimum Gasteiger partial charge on any atom is -0.313 e. The summed E-state index contributed by atoms with van der Waals surface area (Å²) in [6, 6.07) is 0. The molecule has 1 heterocycles. The van der Waals surface area contributed by atoms with Gasteiger partial charge in [0, 0.05) is 0 Å². The molecule has 4 heteroatoms. The number of hydrogen-bond acceptors (Lipinski definition) is 2. The minimum atomic E-state index is -0.385. The van der Waals surface area contributed by atoms with Crippen LogP contribution in [-0.2, 0) is 4.84 Å². The summed E-state index contributed by atoms with van der Waals surface area (Å²) >= 11 is 3.10. The Morgan fingerprint density at radius 1 is 2.00 bits per heavy atom. The van der Waals surface area contributed by atoms with Gasteiger partial charge in [-0.05, 0) is 15.9 Å². The number of nitrogens with zero attached hydrogens (tertiary/aromatic N) is 2. The second kappa shape index (κ2) is 2.14. The largest absolute Gasteiger partial charge is 0.393 e. The van der Waals surface area contributed by atoms with Gasteiger partial charge in [0.05, 0.1) is 0 Å². The molecule has 1 atom stereocenters. The lowest BCUT2D eigenvalue weighted by Gasteiger charge is -1.86. The van der Waals surface area contributed by atoms with E-state index in [-0.39, 0.29) is 6.23 Å². The van der Waals surface area contributed by atoms with Crippen molar-refractivity contribution < 1.29 is 4.84 Å². The second-order valence-corrected chi connectivity index (χ2v) is 2.28. The van der Waals surface area contributed by atoms with Crippen LogP contribution in [0.4, 0.5) is 0 Å². The van der Waals surface area contributed by atoms with Gasteiger partial charge in [0.25, 0.3) is 0 Å². The van der Waals surface area contributed by atoms with E-state index >= 15 is 0 Å². The smallest absolute Gasteiger partial charge is 0.313 e. The van der Waals surface area contributed by atoms with Crippen molar-refractivity contribution in [1.29, 1.82) is 0 Å². The fourth-order valence-electron chi connectivity index (χ4n) is 0.406. The van der Waals surface area contributed by atoms with Crippen LogP contribution in [0.15, 0.2) is 5.16 Å². The zero-order valence-corrected chi connectivity index (χ0v) is 5.55. The Labute approximate surface area is 55.3 Å². The van der Waals surface area contributed by atoms with Crippen molar-refractivity contribution >= 4 is 20.6 Å². The fraction of sp³-hybridized carbons (Fsp3) is 0.500. The molecular weight excluding hydrogens is 172 g/mol. The van der Waals surface area contributed by atoms with Gasteiger partial charge in [-0.15, -0.1) is 0 Å². The van der Waals surface area contributed by atoms with Crippen LogP contribution in [-0.4, -0.2) is 10.8 Å². The van der Waals surface area contributed by atoms with E-state index in [4.69, 9.17) is 6.57 Å². The summed E-state index contributed by atoms with van der Waals surface area (Å²) < 4.78 is 0.721. The highest BCUT2D eigenvalue weighted by molar-refractivity contribution is 9.18. The molecule has 1 aliphatic rings. The van der Waals surface area contributed by atoms with E-state index in [1.54, 1.807) is 0 Å². The number of halogens is 1. The Balaban J connectivity index is 2.47. The van der Waals surface area contributed by atoms with E-state index in [0.717, 1.165) is 4.62 Å². The van der Waals surface area contributed by atoms with Crippen LogP contribution < -0.4 is 0 Å². The summed E-state index contributed by atoms with van der Waals surface area (Å²) in [5.41, 5.74) is 0. The topological polar surface area (TPSA) is 25.9 Å². The summed E-state index contributed by atoms with van der Waals surface area (Å²) in [4.78, 5) is 7.72. The average molecular weight is 175 g/mol. The Kier molecular flexibility index (Phi) is 1.49. The van der Waals surface area contributed by atoms with Crippen molar-refractivity contribution in [2.24, 2.45) is 5.16 Å². The number of hydrogen-bond donors (Lipinski definition) is 0. The lowest BCUT2D eigenvalue weighted by Crippen LogP contribution is -1.96. The van der Waals surface area contributed by atoms with Crippen molar-refractivity contribution in [3.63, 3.8) is 0 Å². The maximum Gasteiger partial charge on any atom is 0.393 e. The molecule has 1 aliphatic heterocycles. The van der Waals surface area contributed by atoms with Crippen LogP contribution >= 0.6 is 15.9 Å². The monoisotopic (exact) mass is 174 g/mol. The Hall–Kier alpha value is -0.560. The maximum atomic E-state index is 6.50. The Morgan fingerprint density at radius 2 is 2.75 bits per heavy atom. The van der Waals surface area contributed by atoms with Crippen LogP contribution in [0.25, 0.3) is 4.85 Å². The summed E-state index contributed by atoms with van der Waals surface area (Å²) in [5, 5.41) is 3.51. The number of oxime groups is 1. The van der Waals surface area contributed by atoms with Gasteiger partial charge < -0.3 is 4.84 Å². The molecule has 0 bridgehead atoms. The van der Waals surface area contributed by atoms with Crippen molar-refractivity contribution in [2.75, 3.05) is 0 Å². The van der Waals surface area contributed by atoms with E-state index in [9.17, 15) is 0 Å². The van der Waals surface area contributed by atoms with Gasteiger partial charge in [0.2, 0.25) is 0 Å². The predicted octanol–water partition coefficient (Wildman–Crippen LogP) is 1.36. The van der Waals surface area contributed by atoms with Gasteiger partial charge in [0.1, 0.15) is 11.0 Å². The Bertz CT molecular complexity index is 160. The van der Waals surface area contributed by atoms with Gasteiger partial charge in [-0.1, -0.05) is 5.16 Å². The molecule has 0 saturated heterocycles. The maximum absolute atomic E-state index is 6.50. The third-order valence-electron chi connectivity index (χ3n) is 0.760. The molecule has 0 spiro atoms. The quantitative estimate of drug-likeness (QED) is 0.510. The van der Waals surface area contributed by atoms with Crippen molar-refractivity contribution in [3.05, 3.63) is 11.4 Å². The molecule has 0 radical (unpaired) electrons.